The molecule has 2 aromatic rings. The highest BCUT2D eigenvalue weighted by Crippen LogP contribution is 2.21. The third-order valence-electron chi connectivity index (χ3n) is 2.57. The van der Waals surface area contributed by atoms with E-state index in [1.165, 1.54) is 16.9 Å². The number of thiophene rings is 1. The maximum absolute atomic E-state index is 11.9. The Hall–Kier alpha value is -1.13. The summed E-state index contributed by atoms with van der Waals surface area (Å²) >= 11 is 5.10. The van der Waals surface area contributed by atoms with Gasteiger partial charge in [-0.2, -0.15) is 0 Å². The van der Waals surface area contributed by atoms with Crippen LogP contribution < -0.4 is 5.32 Å². The maximum atomic E-state index is 11.9. The highest BCUT2D eigenvalue weighted by atomic mass is 79.9. The quantitative estimate of drug-likeness (QED) is 0.849. The van der Waals surface area contributed by atoms with E-state index in [1.807, 2.05) is 49.4 Å². The predicted molar refractivity (Wildman–Crippen MR) is 79.5 cm³/mol. The minimum atomic E-state index is -0.00604. The molecule has 0 saturated heterocycles. The number of carbonyl (C=O) groups is 1. The monoisotopic (exact) mass is 323 g/mol. The highest BCUT2D eigenvalue weighted by molar-refractivity contribution is 9.09. The smallest absolute Gasteiger partial charge is 0.261 e. The van der Waals surface area contributed by atoms with Crippen LogP contribution in [0.4, 0.5) is 0 Å². The standard InChI is InChI=1S/C14H14BrNOS/c1-10-7-8-13(18-10)14(17)16-9-12(15)11-5-3-2-4-6-11/h2-8,12H,9H2,1H3,(H,16,17). The number of amides is 1. The summed E-state index contributed by atoms with van der Waals surface area (Å²) in [5, 5.41) is 2.94. The van der Waals surface area contributed by atoms with E-state index in [4.69, 9.17) is 0 Å². The van der Waals surface area contributed by atoms with E-state index in [2.05, 4.69) is 21.2 Å². The number of aryl methyl sites for hydroxylation is 1. The Morgan fingerprint density at radius 3 is 2.61 bits per heavy atom. The largest absolute Gasteiger partial charge is 0.350 e. The lowest BCUT2D eigenvalue weighted by molar-refractivity contribution is 0.0958. The van der Waals surface area contributed by atoms with Crippen molar-refractivity contribution < 1.29 is 4.79 Å². The molecule has 1 aromatic carbocycles. The average molecular weight is 324 g/mol. The van der Waals surface area contributed by atoms with Gasteiger partial charge in [-0.25, -0.2) is 0 Å². The van der Waals surface area contributed by atoms with Gasteiger partial charge in [0.15, 0.2) is 0 Å². The fraction of sp³-hybridized carbons (Fsp3) is 0.214. The Labute approximate surface area is 119 Å². The SMILES string of the molecule is Cc1ccc(C(=O)NCC(Br)c2ccccc2)s1. The molecule has 1 aromatic heterocycles. The van der Waals surface area contributed by atoms with Crippen molar-refractivity contribution in [2.24, 2.45) is 0 Å². The first-order valence-electron chi connectivity index (χ1n) is 5.70. The second kappa shape index (κ2) is 6.16. The molecular weight excluding hydrogens is 310 g/mol. The van der Waals surface area contributed by atoms with Gasteiger partial charge in [0.05, 0.1) is 9.70 Å². The first-order chi connectivity index (χ1) is 8.66. The van der Waals surface area contributed by atoms with Crippen LogP contribution >= 0.6 is 27.3 Å². The van der Waals surface area contributed by atoms with Crippen molar-refractivity contribution in [2.75, 3.05) is 6.54 Å². The van der Waals surface area contributed by atoms with Crippen LogP contribution in [0.1, 0.15) is 24.9 Å². The zero-order chi connectivity index (χ0) is 13.0. The van der Waals surface area contributed by atoms with Gasteiger partial charge in [0, 0.05) is 11.4 Å². The first kappa shape index (κ1) is 13.3. The molecule has 4 heteroatoms. The molecule has 18 heavy (non-hydrogen) atoms. The van der Waals surface area contributed by atoms with Crippen molar-refractivity contribution in [1.82, 2.24) is 5.32 Å². The third kappa shape index (κ3) is 3.43. The number of carbonyl (C=O) groups excluding carboxylic acids is 1. The fourth-order valence-corrected chi connectivity index (χ4v) is 2.86. The first-order valence-corrected chi connectivity index (χ1v) is 7.43. The molecule has 2 rings (SSSR count). The van der Waals surface area contributed by atoms with E-state index >= 15 is 0 Å². The molecule has 0 fully saturated rings. The molecule has 0 radical (unpaired) electrons. The minimum absolute atomic E-state index is 0.00604. The molecule has 0 bridgehead atoms. The van der Waals surface area contributed by atoms with E-state index in [0.29, 0.717) is 6.54 Å². The summed E-state index contributed by atoms with van der Waals surface area (Å²) in [6, 6.07) is 13.9. The molecule has 94 valence electrons. The van der Waals surface area contributed by atoms with Crippen LogP contribution in [0.3, 0.4) is 0 Å². The molecule has 0 aliphatic carbocycles. The molecule has 1 heterocycles. The molecular formula is C14H14BrNOS. The summed E-state index contributed by atoms with van der Waals surface area (Å²) in [5.41, 5.74) is 1.17. The van der Waals surface area contributed by atoms with Crippen molar-refractivity contribution in [3.8, 4) is 0 Å². The summed E-state index contributed by atoms with van der Waals surface area (Å²) in [4.78, 5) is 13.9. The van der Waals surface area contributed by atoms with E-state index in [-0.39, 0.29) is 10.7 Å². The van der Waals surface area contributed by atoms with E-state index < -0.39 is 0 Å². The van der Waals surface area contributed by atoms with Gasteiger partial charge in [-0.3, -0.25) is 4.79 Å². The molecule has 1 atom stereocenters. The molecule has 1 amide bonds. The van der Waals surface area contributed by atoms with Gasteiger partial charge in [-0.05, 0) is 24.6 Å². The van der Waals surface area contributed by atoms with Crippen LogP contribution in [0, 0.1) is 6.92 Å². The summed E-state index contributed by atoms with van der Waals surface area (Å²) in [7, 11) is 0. The number of alkyl halides is 1. The topological polar surface area (TPSA) is 29.1 Å². The number of benzene rings is 1. The molecule has 0 aliphatic heterocycles. The van der Waals surface area contributed by atoms with Crippen LogP contribution in [0.5, 0.6) is 0 Å². The summed E-state index contributed by atoms with van der Waals surface area (Å²) in [5.74, 6) is -0.00604. The Morgan fingerprint density at radius 2 is 2.00 bits per heavy atom. The van der Waals surface area contributed by atoms with Crippen LogP contribution in [0.25, 0.3) is 0 Å². The molecule has 1 unspecified atom stereocenters. The van der Waals surface area contributed by atoms with Gasteiger partial charge in [-0.15, -0.1) is 11.3 Å². The number of rotatable bonds is 4. The van der Waals surface area contributed by atoms with Crippen LogP contribution in [0.15, 0.2) is 42.5 Å². The maximum Gasteiger partial charge on any atom is 0.261 e. The highest BCUT2D eigenvalue weighted by Gasteiger charge is 2.11. The van der Waals surface area contributed by atoms with Crippen LogP contribution in [0.2, 0.25) is 0 Å². The zero-order valence-corrected chi connectivity index (χ0v) is 12.4. The van der Waals surface area contributed by atoms with Gasteiger partial charge in [-0.1, -0.05) is 46.3 Å². The molecule has 0 spiro atoms. The van der Waals surface area contributed by atoms with Crippen molar-refractivity contribution in [3.63, 3.8) is 0 Å². The lowest BCUT2D eigenvalue weighted by Gasteiger charge is -2.10. The summed E-state index contributed by atoms with van der Waals surface area (Å²) < 4.78 is 0. The fourth-order valence-electron chi connectivity index (χ4n) is 1.61. The van der Waals surface area contributed by atoms with Gasteiger partial charge >= 0.3 is 0 Å². The lowest BCUT2D eigenvalue weighted by Crippen LogP contribution is -2.25. The zero-order valence-electron chi connectivity index (χ0n) is 10.0. The minimum Gasteiger partial charge on any atom is -0.350 e. The Morgan fingerprint density at radius 1 is 1.28 bits per heavy atom. The number of halogens is 1. The van der Waals surface area contributed by atoms with Crippen molar-refractivity contribution >= 4 is 33.2 Å². The van der Waals surface area contributed by atoms with Crippen molar-refractivity contribution in [3.05, 3.63) is 57.8 Å². The Balaban J connectivity index is 1.90. The van der Waals surface area contributed by atoms with E-state index in [9.17, 15) is 4.79 Å². The predicted octanol–water partition coefficient (Wildman–Crippen LogP) is 3.92. The average Bonchev–Trinajstić information content (AvgIpc) is 2.83. The molecule has 1 N–H and O–H groups in total. The number of nitrogens with one attached hydrogen (secondary N) is 1. The summed E-state index contributed by atoms with van der Waals surface area (Å²) in [6.07, 6.45) is 0. The molecule has 2 nitrogen and oxygen atoms in total. The van der Waals surface area contributed by atoms with Crippen molar-refractivity contribution in [2.45, 2.75) is 11.8 Å². The number of hydrogen-bond donors (Lipinski definition) is 1. The summed E-state index contributed by atoms with van der Waals surface area (Å²) in [6.45, 7) is 2.58. The van der Waals surface area contributed by atoms with Crippen molar-refractivity contribution in [1.29, 1.82) is 0 Å². The van der Waals surface area contributed by atoms with Gasteiger partial charge in [0.25, 0.3) is 5.91 Å². The second-order valence-corrected chi connectivity index (χ2v) is 6.39. The van der Waals surface area contributed by atoms with Gasteiger partial charge in [0.2, 0.25) is 0 Å². The van der Waals surface area contributed by atoms with Crippen LogP contribution in [-0.2, 0) is 0 Å². The molecule has 0 aliphatic rings. The van der Waals surface area contributed by atoms with Gasteiger partial charge in [0.1, 0.15) is 0 Å². The third-order valence-corrected chi connectivity index (χ3v) is 4.42. The lowest BCUT2D eigenvalue weighted by atomic mass is 10.1. The van der Waals surface area contributed by atoms with Gasteiger partial charge < -0.3 is 5.32 Å². The second-order valence-electron chi connectivity index (χ2n) is 4.00. The van der Waals surface area contributed by atoms with E-state index in [1.54, 1.807) is 0 Å². The normalized spacial score (nSPS) is 12.1. The van der Waals surface area contributed by atoms with E-state index in [0.717, 1.165) is 9.75 Å². The van der Waals surface area contributed by atoms with Crippen LogP contribution in [-0.4, -0.2) is 12.5 Å². The Bertz CT molecular complexity index is 524. The Kier molecular flexibility index (Phi) is 4.55. The number of hydrogen-bond acceptors (Lipinski definition) is 2. The molecule has 0 saturated carbocycles.